The molecule has 0 bridgehead atoms. The summed E-state index contributed by atoms with van der Waals surface area (Å²) in [4.78, 5) is 49.5. The maximum Gasteiger partial charge on any atom is 0.325 e. The monoisotopic (exact) mass is 479 g/mol. The van der Waals surface area contributed by atoms with Gasteiger partial charge < -0.3 is 37.6 Å². The number of carbonyl (C=O) groups is 4. The molecule has 0 saturated carbocycles. The molecule has 0 aliphatic carbocycles. The normalized spacial score (nSPS) is 14.5. The molecule has 4 atom stereocenters. The number of amides is 3. The Morgan fingerprint density at radius 2 is 1.53 bits per heavy atom. The average Bonchev–Trinajstić information content (AvgIpc) is 2.77. The van der Waals surface area contributed by atoms with E-state index >= 15 is 0 Å². The number of nitrogens with two attached hydrogens (primary N) is 2. The Labute approximate surface area is 199 Å². The van der Waals surface area contributed by atoms with Crippen LogP contribution >= 0.6 is 0 Å². The molecule has 1 aromatic carbocycles. The first-order valence-electron chi connectivity index (χ1n) is 11.3. The first-order chi connectivity index (χ1) is 16.0. The molecule has 0 fully saturated rings. The van der Waals surface area contributed by atoms with Crippen LogP contribution in [0, 0.1) is 5.92 Å². The number of phenolic OH excluding ortho intramolecular Hbond substituents is 1. The maximum atomic E-state index is 13.1. The zero-order valence-corrected chi connectivity index (χ0v) is 19.9. The summed E-state index contributed by atoms with van der Waals surface area (Å²) >= 11 is 0. The molecule has 0 radical (unpaired) electrons. The van der Waals surface area contributed by atoms with Crippen LogP contribution in [0.15, 0.2) is 24.3 Å². The number of aliphatic carboxylic acids is 1. The Morgan fingerprint density at radius 1 is 0.912 bits per heavy atom. The minimum absolute atomic E-state index is 0.0554. The molecule has 4 unspecified atom stereocenters. The van der Waals surface area contributed by atoms with E-state index in [2.05, 4.69) is 16.0 Å². The molecule has 1 rings (SSSR count). The molecule has 190 valence electrons. The lowest BCUT2D eigenvalue weighted by Gasteiger charge is -2.26. The third kappa shape index (κ3) is 9.75. The standard InChI is InChI=1S/C23H37N5O6/c1-13(2)19(22(32)26-14(3)23(33)34)28-21(31)18(12-15-7-9-16(29)10-8-15)27-20(30)17(25)6-4-5-11-24/h7-10,13-14,17-19,29H,4-6,11-12,24-25H2,1-3H3,(H,26,32)(H,27,30)(H,28,31)(H,33,34). The van der Waals surface area contributed by atoms with Gasteiger partial charge in [-0.15, -0.1) is 0 Å². The number of hydrogen-bond donors (Lipinski definition) is 7. The number of unbranched alkanes of at least 4 members (excludes halogenated alkanes) is 1. The van der Waals surface area contributed by atoms with E-state index < -0.39 is 47.9 Å². The number of benzene rings is 1. The van der Waals surface area contributed by atoms with Gasteiger partial charge in [-0.3, -0.25) is 19.2 Å². The summed E-state index contributed by atoms with van der Waals surface area (Å²) < 4.78 is 0. The summed E-state index contributed by atoms with van der Waals surface area (Å²) in [6.07, 6.45) is 1.88. The van der Waals surface area contributed by atoms with Gasteiger partial charge in [0, 0.05) is 6.42 Å². The number of rotatable bonds is 14. The summed E-state index contributed by atoms with van der Waals surface area (Å²) in [5, 5.41) is 26.2. The van der Waals surface area contributed by atoms with Crippen molar-refractivity contribution in [3.8, 4) is 5.75 Å². The molecule has 0 saturated heterocycles. The predicted octanol–water partition coefficient (Wildman–Crippen LogP) is -0.394. The van der Waals surface area contributed by atoms with Crippen LogP contribution in [0.3, 0.4) is 0 Å². The average molecular weight is 480 g/mol. The number of carboxylic acids is 1. The highest BCUT2D eigenvalue weighted by atomic mass is 16.4. The van der Waals surface area contributed by atoms with Gasteiger partial charge in [-0.1, -0.05) is 32.4 Å². The molecule has 0 aromatic heterocycles. The fourth-order valence-electron chi connectivity index (χ4n) is 3.15. The van der Waals surface area contributed by atoms with Gasteiger partial charge in [0.25, 0.3) is 0 Å². The number of aromatic hydroxyl groups is 1. The largest absolute Gasteiger partial charge is 0.508 e. The lowest BCUT2D eigenvalue weighted by Crippen LogP contribution is -2.58. The van der Waals surface area contributed by atoms with E-state index in [0.29, 0.717) is 24.9 Å². The molecular formula is C23H37N5O6. The first-order valence-corrected chi connectivity index (χ1v) is 11.3. The van der Waals surface area contributed by atoms with Gasteiger partial charge >= 0.3 is 5.97 Å². The summed E-state index contributed by atoms with van der Waals surface area (Å²) in [5.41, 5.74) is 12.1. The summed E-state index contributed by atoms with van der Waals surface area (Å²) in [7, 11) is 0. The number of hydrogen-bond acceptors (Lipinski definition) is 7. The van der Waals surface area contributed by atoms with Crippen molar-refractivity contribution in [3.63, 3.8) is 0 Å². The van der Waals surface area contributed by atoms with Crippen molar-refractivity contribution in [1.29, 1.82) is 0 Å². The number of phenols is 1. The second kappa shape index (κ2) is 14.2. The topological polar surface area (TPSA) is 197 Å². The van der Waals surface area contributed by atoms with Crippen molar-refractivity contribution in [2.24, 2.45) is 17.4 Å². The van der Waals surface area contributed by atoms with E-state index in [1.807, 2.05) is 0 Å². The van der Waals surface area contributed by atoms with Crippen molar-refractivity contribution in [3.05, 3.63) is 29.8 Å². The summed E-state index contributed by atoms with van der Waals surface area (Å²) in [5.74, 6) is -3.28. The molecule has 0 aliphatic rings. The van der Waals surface area contributed by atoms with E-state index in [-0.39, 0.29) is 18.1 Å². The quantitative estimate of drug-likeness (QED) is 0.175. The van der Waals surface area contributed by atoms with Crippen LogP contribution in [0.2, 0.25) is 0 Å². The molecule has 9 N–H and O–H groups in total. The molecule has 11 heteroatoms. The minimum atomic E-state index is -1.21. The van der Waals surface area contributed by atoms with Crippen LogP contribution in [-0.2, 0) is 25.6 Å². The van der Waals surface area contributed by atoms with Crippen molar-refractivity contribution < 1.29 is 29.4 Å². The lowest BCUT2D eigenvalue weighted by atomic mass is 10.00. The Bertz CT molecular complexity index is 830. The zero-order valence-electron chi connectivity index (χ0n) is 19.9. The molecule has 3 amide bonds. The Morgan fingerprint density at radius 3 is 2.06 bits per heavy atom. The van der Waals surface area contributed by atoms with Gasteiger partial charge in [-0.05, 0) is 49.9 Å². The maximum absolute atomic E-state index is 13.1. The van der Waals surface area contributed by atoms with Crippen LogP contribution in [0.25, 0.3) is 0 Å². The second-order valence-electron chi connectivity index (χ2n) is 8.62. The van der Waals surface area contributed by atoms with E-state index in [0.717, 1.165) is 6.42 Å². The summed E-state index contributed by atoms with van der Waals surface area (Å²) in [6, 6.07) is 2.11. The van der Waals surface area contributed by atoms with Gasteiger partial charge in [0.05, 0.1) is 6.04 Å². The third-order valence-corrected chi connectivity index (χ3v) is 5.29. The Hall–Kier alpha value is -3.18. The fourth-order valence-corrected chi connectivity index (χ4v) is 3.15. The van der Waals surface area contributed by atoms with Gasteiger partial charge in [-0.2, -0.15) is 0 Å². The van der Waals surface area contributed by atoms with E-state index in [4.69, 9.17) is 16.6 Å². The zero-order chi connectivity index (χ0) is 25.8. The lowest BCUT2D eigenvalue weighted by molar-refractivity contribution is -0.142. The predicted molar refractivity (Wildman–Crippen MR) is 127 cm³/mol. The molecular weight excluding hydrogens is 442 g/mol. The van der Waals surface area contributed by atoms with E-state index in [9.17, 15) is 24.3 Å². The van der Waals surface area contributed by atoms with Gasteiger partial charge in [0.15, 0.2) is 0 Å². The van der Waals surface area contributed by atoms with Crippen molar-refractivity contribution >= 4 is 23.7 Å². The highest BCUT2D eigenvalue weighted by Crippen LogP contribution is 2.12. The Balaban J connectivity index is 3.02. The minimum Gasteiger partial charge on any atom is -0.508 e. The van der Waals surface area contributed by atoms with E-state index in [1.54, 1.807) is 26.0 Å². The highest BCUT2D eigenvalue weighted by Gasteiger charge is 2.31. The number of nitrogens with one attached hydrogen (secondary N) is 3. The van der Waals surface area contributed by atoms with Crippen LogP contribution < -0.4 is 27.4 Å². The molecule has 0 heterocycles. The van der Waals surface area contributed by atoms with Gasteiger partial charge in [0.2, 0.25) is 17.7 Å². The van der Waals surface area contributed by atoms with Crippen LogP contribution in [-0.4, -0.2) is 64.6 Å². The summed E-state index contributed by atoms with van der Waals surface area (Å²) in [6.45, 7) is 5.21. The first kappa shape index (κ1) is 28.9. The van der Waals surface area contributed by atoms with Crippen molar-refractivity contribution in [2.45, 2.75) is 70.6 Å². The Kier molecular flexibility index (Phi) is 12.0. The molecule has 34 heavy (non-hydrogen) atoms. The molecule has 0 spiro atoms. The smallest absolute Gasteiger partial charge is 0.325 e. The number of carbonyl (C=O) groups excluding carboxylic acids is 3. The van der Waals surface area contributed by atoms with Crippen molar-refractivity contribution in [1.82, 2.24) is 16.0 Å². The second-order valence-corrected chi connectivity index (χ2v) is 8.62. The van der Waals surface area contributed by atoms with Crippen LogP contribution in [0.4, 0.5) is 0 Å². The highest BCUT2D eigenvalue weighted by molar-refractivity contribution is 5.94. The van der Waals surface area contributed by atoms with E-state index in [1.165, 1.54) is 19.1 Å². The van der Waals surface area contributed by atoms with Gasteiger partial charge in [0.1, 0.15) is 23.9 Å². The van der Waals surface area contributed by atoms with Gasteiger partial charge in [-0.25, -0.2) is 0 Å². The number of carboxylic acid groups (broad SMARTS) is 1. The molecule has 0 aliphatic heterocycles. The SMILES string of the molecule is CC(NC(=O)C(NC(=O)C(Cc1ccc(O)cc1)NC(=O)C(N)CCCCN)C(C)C)C(=O)O. The van der Waals surface area contributed by atoms with Crippen LogP contribution in [0.5, 0.6) is 5.75 Å². The van der Waals surface area contributed by atoms with Crippen LogP contribution in [0.1, 0.15) is 45.6 Å². The molecule has 1 aromatic rings. The van der Waals surface area contributed by atoms with Crippen molar-refractivity contribution in [2.75, 3.05) is 6.54 Å². The third-order valence-electron chi connectivity index (χ3n) is 5.29. The fraction of sp³-hybridized carbons (Fsp3) is 0.565. The molecule has 11 nitrogen and oxygen atoms in total.